The van der Waals surface area contributed by atoms with Crippen LogP contribution in [0.15, 0.2) is 30.3 Å². The topological polar surface area (TPSA) is 27.7 Å². The number of hydrogen-bond acceptors (Lipinski definition) is 3. The maximum atomic E-state index is 6.03. The highest BCUT2D eigenvalue weighted by Crippen LogP contribution is 2.41. The first-order chi connectivity index (χ1) is 10.8. The monoisotopic (exact) mass is 344 g/mol. The van der Waals surface area contributed by atoms with Crippen LogP contribution in [0.5, 0.6) is 0 Å². The fraction of sp³-hybridized carbons (Fsp3) is 0.529. The van der Waals surface area contributed by atoms with Crippen molar-refractivity contribution in [1.82, 2.24) is 0 Å². The second-order valence-electron chi connectivity index (χ2n) is 5.06. The predicted molar refractivity (Wildman–Crippen MR) is 90.3 cm³/mol. The lowest BCUT2D eigenvalue weighted by molar-refractivity contribution is -0.231. The largest absolute Gasteiger partial charge is 0.493 e. The maximum absolute atomic E-state index is 6.03. The summed E-state index contributed by atoms with van der Waals surface area (Å²) in [4.78, 5) is 0. The molecule has 22 heavy (non-hydrogen) atoms. The third-order valence-electron chi connectivity index (χ3n) is 3.64. The second-order valence-corrected chi connectivity index (χ2v) is 5.81. The van der Waals surface area contributed by atoms with E-state index in [4.69, 9.17) is 37.4 Å². The number of alkyl halides is 2. The molecule has 0 bridgehead atoms. The van der Waals surface area contributed by atoms with Crippen LogP contribution in [0.25, 0.3) is 5.76 Å². The zero-order valence-corrected chi connectivity index (χ0v) is 14.3. The van der Waals surface area contributed by atoms with Crippen LogP contribution in [0, 0.1) is 0 Å². The van der Waals surface area contributed by atoms with Crippen LogP contribution in [-0.2, 0) is 20.0 Å². The summed E-state index contributed by atoms with van der Waals surface area (Å²) in [6, 6.07) is 8.03. The lowest BCUT2D eigenvalue weighted by atomic mass is 9.90. The summed E-state index contributed by atoms with van der Waals surface area (Å²) in [6.45, 7) is 1.17. The molecule has 0 spiro atoms. The average molecular weight is 345 g/mol. The first-order valence-corrected chi connectivity index (χ1v) is 8.58. The number of ether oxygens (including phenoxy) is 3. The molecule has 0 saturated heterocycles. The summed E-state index contributed by atoms with van der Waals surface area (Å²) in [7, 11) is 1.67. The highest BCUT2D eigenvalue weighted by molar-refractivity contribution is 6.18. The molecule has 1 aromatic carbocycles. The van der Waals surface area contributed by atoms with Crippen molar-refractivity contribution in [1.29, 1.82) is 0 Å². The van der Waals surface area contributed by atoms with Gasteiger partial charge in [0, 0.05) is 36.4 Å². The standard InChI is InChI=1S/C17H22Cl2O3/c1-20-17(22-13-5-11-19)9-8-16(21-12-4-10-18)14-6-2-3-7-15(14)17/h2-3,6-8H,4-5,9-13H2,1H3. The van der Waals surface area contributed by atoms with Gasteiger partial charge >= 0.3 is 0 Å². The molecule has 0 aliphatic heterocycles. The zero-order valence-electron chi connectivity index (χ0n) is 12.8. The SMILES string of the molecule is COC1(OCCCCl)CC=C(OCCCCl)c2ccccc21. The smallest absolute Gasteiger partial charge is 0.198 e. The number of benzene rings is 1. The van der Waals surface area contributed by atoms with Crippen molar-refractivity contribution in [2.75, 3.05) is 32.1 Å². The van der Waals surface area contributed by atoms with Crippen LogP contribution < -0.4 is 0 Å². The molecule has 0 radical (unpaired) electrons. The molecule has 1 aliphatic carbocycles. The Hall–Kier alpha value is -0.740. The summed E-state index contributed by atoms with van der Waals surface area (Å²) in [5.41, 5.74) is 2.01. The van der Waals surface area contributed by atoms with Gasteiger partial charge in [-0.1, -0.05) is 24.3 Å². The maximum Gasteiger partial charge on any atom is 0.198 e. The van der Waals surface area contributed by atoms with Crippen LogP contribution in [0.1, 0.15) is 30.4 Å². The number of methoxy groups -OCH3 is 1. The highest BCUT2D eigenvalue weighted by atomic mass is 35.5. The summed E-state index contributed by atoms with van der Waals surface area (Å²) < 4.78 is 17.6. The van der Waals surface area contributed by atoms with Crippen LogP contribution in [0.4, 0.5) is 0 Å². The van der Waals surface area contributed by atoms with Gasteiger partial charge in [0.25, 0.3) is 0 Å². The molecule has 1 aliphatic rings. The van der Waals surface area contributed by atoms with Gasteiger partial charge in [-0.25, -0.2) is 0 Å². The Morgan fingerprint density at radius 1 is 1.09 bits per heavy atom. The normalized spacial score (nSPS) is 20.4. The Morgan fingerprint density at radius 3 is 2.55 bits per heavy atom. The first kappa shape index (κ1) is 17.6. The van der Waals surface area contributed by atoms with E-state index >= 15 is 0 Å². The van der Waals surface area contributed by atoms with Gasteiger partial charge in [-0.05, 0) is 18.9 Å². The number of hydrogen-bond donors (Lipinski definition) is 0. The lowest BCUT2D eigenvalue weighted by Crippen LogP contribution is -2.35. The van der Waals surface area contributed by atoms with Gasteiger partial charge in [0.15, 0.2) is 5.79 Å². The van der Waals surface area contributed by atoms with Gasteiger partial charge in [0.2, 0.25) is 0 Å². The minimum absolute atomic E-state index is 0.557. The Labute approximate surface area is 142 Å². The Bertz CT molecular complexity index is 504. The van der Waals surface area contributed by atoms with E-state index in [-0.39, 0.29) is 0 Å². The summed E-state index contributed by atoms with van der Waals surface area (Å²) in [5, 5.41) is 0. The van der Waals surface area contributed by atoms with Gasteiger partial charge < -0.3 is 14.2 Å². The minimum Gasteiger partial charge on any atom is -0.493 e. The van der Waals surface area contributed by atoms with E-state index in [0.717, 1.165) is 29.7 Å². The number of halogens is 2. The molecule has 0 amide bonds. The van der Waals surface area contributed by atoms with Crippen molar-refractivity contribution in [3.63, 3.8) is 0 Å². The molecule has 1 atom stereocenters. The summed E-state index contributed by atoms with van der Waals surface area (Å²) in [5.74, 6) is 1.28. The van der Waals surface area contributed by atoms with Crippen molar-refractivity contribution >= 4 is 29.0 Å². The summed E-state index contributed by atoms with van der Waals surface area (Å²) >= 11 is 11.4. The quantitative estimate of drug-likeness (QED) is 0.374. The van der Waals surface area contributed by atoms with E-state index in [1.165, 1.54) is 0 Å². The van der Waals surface area contributed by atoms with Crippen LogP contribution in [0.2, 0.25) is 0 Å². The zero-order chi connectivity index (χ0) is 15.8. The molecule has 0 aromatic heterocycles. The van der Waals surface area contributed by atoms with Crippen molar-refractivity contribution in [2.24, 2.45) is 0 Å². The number of fused-ring (bicyclic) bond motifs is 1. The Morgan fingerprint density at radius 2 is 1.82 bits per heavy atom. The van der Waals surface area contributed by atoms with Crippen LogP contribution >= 0.6 is 23.2 Å². The molecule has 122 valence electrons. The average Bonchev–Trinajstić information content (AvgIpc) is 2.57. The van der Waals surface area contributed by atoms with E-state index in [1.54, 1.807) is 7.11 Å². The molecule has 0 saturated carbocycles. The third-order valence-corrected chi connectivity index (χ3v) is 4.17. The van der Waals surface area contributed by atoms with Crippen molar-refractivity contribution < 1.29 is 14.2 Å². The van der Waals surface area contributed by atoms with E-state index in [1.807, 2.05) is 30.3 Å². The minimum atomic E-state index is -0.762. The predicted octanol–water partition coefficient (Wildman–Crippen LogP) is 4.52. The molecule has 1 aromatic rings. The Kier molecular flexibility index (Phi) is 7.03. The van der Waals surface area contributed by atoms with Crippen molar-refractivity contribution in [3.8, 4) is 0 Å². The van der Waals surface area contributed by atoms with E-state index in [9.17, 15) is 0 Å². The highest BCUT2D eigenvalue weighted by Gasteiger charge is 2.38. The third kappa shape index (κ3) is 3.96. The van der Waals surface area contributed by atoms with Gasteiger partial charge in [-0.15, -0.1) is 23.2 Å². The van der Waals surface area contributed by atoms with Gasteiger partial charge in [0.05, 0.1) is 13.2 Å². The second kappa shape index (κ2) is 8.78. The summed E-state index contributed by atoms with van der Waals surface area (Å²) in [6.07, 6.45) is 4.25. The molecule has 0 fully saturated rings. The number of rotatable bonds is 9. The molecular weight excluding hydrogens is 323 g/mol. The van der Waals surface area contributed by atoms with Gasteiger partial charge in [0.1, 0.15) is 5.76 Å². The fourth-order valence-corrected chi connectivity index (χ4v) is 2.75. The molecular formula is C17H22Cl2O3. The first-order valence-electron chi connectivity index (χ1n) is 7.51. The van der Waals surface area contributed by atoms with Crippen molar-refractivity contribution in [2.45, 2.75) is 25.0 Å². The molecule has 2 rings (SSSR count). The van der Waals surface area contributed by atoms with E-state index in [2.05, 4.69) is 0 Å². The van der Waals surface area contributed by atoms with E-state index < -0.39 is 5.79 Å². The Balaban J connectivity index is 2.22. The lowest BCUT2D eigenvalue weighted by Gasteiger charge is -2.36. The molecule has 0 heterocycles. The van der Waals surface area contributed by atoms with Crippen LogP contribution in [-0.4, -0.2) is 32.1 Å². The van der Waals surface area contributed by atoms with Gasteiger partial charge in [-0.3, -0.25) is 0 Å². The van der Waals surface area contributed by atoms with Crippen LogP contribution in [0.3, 0.4) is 0 Å². The fourth-order valence-electron chi connectivity index (χ4n) is 2.53. The molecule has 3 nitrogen and oxygen atoms in total. The molecule has 0 N–H and O–H groups in total. The molecule has 5 heteroatoms. The molecule has 1 unspecified atom stereocenters. The van der Waals surface area contributed by atoms with Crippen molar-refractivity contribution in [3.05, 3.63) is 41.5 Å². The van der Waals surface area contributed by atoms with Gasteiger partial charge in [-0.2, -0.15) is 0 Å². The van der Waals surface area contributed by atoms with E-state index in [0.29, 0.717) is 31.4 Å².